The van der Waals surface area contributed by atoms with Crippen molar-refractivity contribution in [2.24, 2.45) is 11.7 Å². The Kier molecular flexibility index (Phi) is 6.76. The lowest BCUT2D eigenvalue weighted by atomic mass is 10.0. The molecule has 72 valence electrons. The summed E-state index contributed by atoms with van der Waals surface area (Å²) >= 11 is 0. The summed E-state index contributed by atoms with van der Waals surface area (Å²) in [5.74, 6) is 0.128. The number of carbonyl (C=O) groups is 1. The van der Waals surface area contributed by atoms with E-state index in [-0.39, 0.29) is 11.8 Å². The Labute approximate surface area is 74.7 Å². The summed E-state index contributed by atoms with van der Waals surface area (Å²) < 4.78 is 0. The molecule has 0 aromatic heterocycles. The van der Waals surface area contributed by atoms with Crippen LogP contribution in [0, 0.1) is 5.92 Å². The molecule has 3 N–H and O–H groups in total. The summed E-state index contributed by atoms with van der Waals surface area (Å²) in [6, 6.07) is 0. The van der Waals surface area contributed by atoms with E-state index >= 15 is 0 Å². The van der Waals surface area contributed by atoms with Crippen LogP contribution < -0.4 is 11.1 Å². The zero-order valence-corrected chi connectivity index (χ0v) is 8.10. The summed E-state index contributed by atoms with van der Waals surface area (Å²) in [6.07, 6.45) is 2.89. The Morgan fingerprint density at radius 2 is 2.08 bits per heavy atom. The predicted molar refractivity (Wildman–Crippen MR) is 50.8 cm³/mol. The molecule has 0 aromatic carbocycles. The van der Waals surface area contributed by atoms with Crippen LogP contribution in [0.1, 0.15) is 33.1 Å². The summed E-state index contributed by atoms with van der Waals surface area (Å²) in [5, 5.41) is 2.85. The van der Waals surface area contributed by atoms with Crippen molar-refractivity contribution in [3.05, 3.63) is 0 Å². The fourth-order valence-corrected chi connectivity index (χ4v) is 1.10. The van der Waals surface area contributed by atoms with Crippen molar-refractivity contribution in [1.82, 2.24) is 5.32 Å². The molecule has 3 heteroatoms. The van der Waals surface area contributed by atoms with Crippen molar-refractivity contribution in [1.29, 1.82) is 0 Å². The highest BCUT2D eigenvalue weighted by Crippen LogP contribution is 2.03. The molecule has 0 spiro atoms. The van der Waals surface area contributed by atoms with Gasteiger partial charge in [-0.05, 0) is 12.8 Å². The maximum atomic E-state index is 11.3. The third-order valence-electron chi connectivity index (χ3n) is 1.84. The van der Waals surface area contributed by atoms with Crippen LogP contribution in [0.5, 0.6) is 0 Å². The first kappa shape index (κ1) is 11.4. The zero-order chi connectivity index (χ0) is 9.40. The molecule has 0 fully saturated rings. The minimum Gasteiger partial charge on any atom is -0.356 e. The maximum Gasteiger partial charge on any atom is 0.224 e. The number of rotatable bonds is 6. The number of hydrogen-bond acceptors (Lipinski definition) is 2. The van der Waals surface area contributed by atoms with E-state index in [0.717, 1.165) is 25.8 Å². The number of nitrogens with two attached hydrogens (primary N) is 1. The van der Waals surface area contributed by atoms with Crippen LogP contribution in [0.3, 0.4) is 0 Å². The highest BCUT2D eigenvalue weighted by molar-refractivity contribution is 5.78. The third-order valence-corrected chi connectivity index (χ3v) is 1.84. The van der Waals surface area contributed by atoms with Gasteiger partial charge in [-0.3, -0.25) is 4.79 Å². The van der Waals surface area contributed by atoms with Crippen LogP contribution in [-0.4, -0.2) is 19.0 Å². The Bertz CT molecular complexity index is 126. The molecule has 0 radical (unpaired) electrons. The van der Waals surface area contributed by atoms with E-state index in [4.69, 9.17) is 5.73 Å². The van der Waals surface area contributed by atoms with Gasteiger partial charge in [-0.1, -0.05) is 20.3 Å². The van der Waals surface area contributed by atoms with Crippen molar-refractivity contribution in [2.45, 2.75) is 33.1 Å². The molecule has 1 atom stereocenters. The SMILES string of the molecule is CCCNC(=O)C(CN)CCC. The molecule has 0 saturated carbocycles. The molecule has 0 aliphatic carbocycles. The van der Waals surface area contributed by atoms with Crippen LogP contribution in [0.15, 0.2) is 0 Å². The summed E-state index contributed by atoms with van der Waals surface area (Å²) in [6.45, 7) is 5.33. The average Bonchev–Trinajstić information content (AvgIpc) is 2.10. The lowest BCUT2D eigenvalue weighted by Gasteiger charge is -2.12. The molecule has 1 amide bonds. The van der Waals surface area contributed by atoms with E-state index in [0.29, 0.717) is 6.54 Å². The first-order valence-electron chi connectivity index (χ1n) is 4.74. The van der Waals surface area contributed by atoms with Crippen molar-refractivity contribution in [3.8, 4) is 0 Å². The summed E-state index contributed by atoms with van der Waals surface area (Å²) in [4.78, 5) is 11.3. The normalized spacial score (nSPS) is 12.6. The standard InChI is InChI=1S/C9H20N2O/c1-3-5-8(7-10)9(12)11-6-4-2/h8H,3-7,10H2,1-2H3,(H,11,12). The third kappa shape index (κ3) is 4.34. The van der Waals surface area contributed by atoms with Crippen molar-refractivity contribution in [2.75, 3.05) is 13.1 Å². The highest BCUT2D eigenvalue weighted by Gasteiger charge is 2.13. The van der Waals surface area contributed by atoms with E-state index in [1.165, 1.54) is 0 Å². The molecule has 0 aliphatic heterocycles. The number of hydrogen-bond donors (Lipinski definition) is 2. The maximum absolute atomic E-state index is 11.3. The average molecular weight is 172 g/mol. The molecule has 0 rings (SSSR count). The first-order chi connectivity index (χ1) is 5.76. The van der Waals surface area contributed by atoms with Crippen LogP contribution in [0.2, 0.25) is 0 Å². The largest absolute Gasteiger partial charge is 0.356 e. The second-order valence-electron chi connectivity index (χ2n) is 3.01. The zero-order valence-electron chi connectivity index (χ0n) is 8.10. The van der Waals surface area contributed by atoms with Crippen molar-refractivity contribution in [3.63, 3.8) is 0 Å². The molecule has 12 heavy (non-hydrogen) atoms. The van der Waals surface area contributed by atoms with Crippen LogP contribution in [-0.2, 0) is 4.79 Å². The lowest BCUT2D eigenvalue weighted by Crippen LogP contribution is -2.35. The topological polar surface area (TPSA) is 55.1 Å². The van der Waals surface area contributed by atoms with Crippen LogP contribution in [0.25, 0.3) is 0 Å². The Morgan fingerprint density at radius 1 is 1.42 bits per heavy atom. The van der Waals surface area contributed by atoms with Crippen LogP contribution >= 0.6 is 0 Å². The van der Waals surface area contributed by atoms with Gasteiger partial charge in [0.25, 0.3) is 0 Å². The minimum atomic E-state index is 0.0153. The molecular formula is C9H20N2O. The first-order valence-corrected chi connectivity index (χ1v) is 4.74. The minimum absolute atomic E-state index is 0.0153. The number of carbonyl (C=O) groups excluding carboxylic acids is 1. The van der Waals surface area contributed by atoms with Gasteiger partial charge in [-0.25, -0.2) is 0 Å². The number of nitrogens with one attached hydrogen (secondary N) is 1. The van der Waals surface area contributed by atoms with Gasteiger partial charge in [0.2, 0.25) is 5.91 Å². The molecule has 0 saturated heterocycles. The second kappa shape index (κ2) is 7.10. The monoisotopic (exact) mass is 172 g/mol. The number of amides is 1. The summed E-state index contributed by atoms with van der Waals surface area (Å²) in [7, 11) is 0. The van der Waals surface area contributed by atoms with E-state index < -0.39 is 0 Å². The fourth-order valence-electron chi connectivity index (χ4n) is 1.10. The molecule has 0 aromatic rings. The van der Waals surface area contributed by atoms with Gasteiger partial charge in [-0.2, -0.15) is 0 Å². The van der Waals surface area contributed by atoms with E-state index in [1.54, 1.807) is 0 Å². The Morgan fingerprint density at radius 3 is 2.50 bits per heavy atom. The molecule has 1 unspecified atom stereocenters. The fraction of sp³-hybridized carbons (Fsp3) is 0.889. The predicted octanol–water partition coefficient (Wildman–Crippen LogP) is 0.888. The Hall–Kier alpha value is -0.570. The van der Waals surface area contributed by atoms with E-state index in [1.807, 2.05) is 6.92 Å². The molecule has 0 aliphatic rings. The van der Waals surface area contributed by atoms with E-state index in [9.17, 15) is 4.79 Å². The molecule has 0 bridgehead atoms. The second-order valence-corrected chi connectivity index (χ2v) is 3.01. The Balaban J connectivity index is 3.69. The lowest BCUT2D eigenvalue weighted by molar-refractivity contribution is -0.124. The van der Waals surface area contributed by atoms with Gasteiger partial charge in [0.05, 0.1) is 5.92 Å². The smallest absolute Gasteiger partial charge is 0.224 e. The van der Waals surface area contributed by atoms with Gasteiger partial charge in [-0.15, -0.1) is 0 Å². The molecule has 0 heterocycles. The summed E-state index contributed by atoms with van der Waals surface area (Å²) in [5.41, 5.74) is 5.47. The van der Waals surface area contributed by atoms with Crippen molar-refractivity contribution >= 4 is 5.91 Å². The van der Waals surface area contributed by atoms with Gasteiger partial charge < -0.3 is 11.1 Å². The quantitative estimate of drug-likeness (QED) is 0.625. The van der Waals surface area contributed by atoms with Gasteiger partial charge in [0.15, 0.2) is 0 Å². The van der Waals surface area contributed by atoms with Crippen molar-refractivity contribution < 1.29 is 4.79 Å². The molecular weight excluding hydrogens is 152 g/mol. The molecule has 3 nitrogen and oxygen atoms in total. The van der Waals surface area contributed by atoms with Crippen LogP contribution in [0.4, 0.5) is 0 Å². The van der Waals surface area contributed by atoms with Gasteiger partial charge >= 0.3 is 0 Å². The van der Waals surface area contributed by atoms with Gasteiger partial charge in [0, 0.05) is 13.1 Å². The van der Waals surface area contributed by atoms with E-state index in [2.05, 4.69) is 12.2 Å². The highest BCUT2D eigenvalue weighted by atomic mass is 16.1. The van der Waals surface area contributed by atoms with Gasteiger partial charge in [0.1, 0.15) is 0 Å².